The fourth-order valence-electron chi connectivity index (χ4n) is 2.95. The summed E-state index contributed by atoms with van der Waals surface area (Å²) in [6.45, 7) is -0.748. The average Bonchev–Trinajstić information content (AvgIpc) is 3.09. The topological polar surface area (TPSA) is 101 Å². The number of esters is 1. The van der Waals surface area contributed by atoms with Crippen LogP contribution in [0.3, 0.4) is 0 Å². The van der Waals surface area contributed by atoms with Crippen LogP contribution >= 0.6 is 11.6 Å². The summed E-state index contributed by atoms with van der Waals surface area (Å²) in [5, 5.41) is 10.3. The van der Waals surface area contributed by atoms with Crippen LogP contribution in [0.2, 0.25) is 5.02 Å². The molecule has 0 aliphatic carbocycles. The van der Waals surface area contributed by atoms with E-state index in [9.17, 15) is 23.1 Å². The first-order valence-electron chi connectivity index (χ1n) is 8.49. The molecule has 2 aromatic rings. The minimum atomic E-state index is -4.04. The van der Waals surface area contributed by atoms with Gasteiger partial charge in [-0.25, -0.2) is 8.42 Å². The molecule has 7 nitrogen and oxygen atoms in total. The van der Waals surface area contributed by atoms with Crippen LogP contribution < -0.4 is 0 Å². The van der Waals surface area contributed by atoms with E-state index in [0.717, 1.165) is 4.31 Å². The van der Waals surface area contributed by atoms with Crippen LogP contribution in [0.1, 0.15) is 16.8 Å². The largest absolute Gasteiger partial charge is 0.456 e. The van der Waals surface area contributed by atoms with Crippen LogP contribution in [-0.2, 0) is 19.6 Å². The van der Waals surface area contributed by atoms with E-state index >= 15 is 0 Å². The Morgan fingerprint density at radius 1 is 1.11 bits per heavy atom. The molecule has 0 radical (unpaired) electrons. The fourth-order valence-corrected chi connectivity index (χ4v) is 4.70. The maximum atomic E-state index is 12.9. The van der Waals surface area contributed by atoms with E-state index in [2.05, 4.69) is 0 Å². The van der Waals surface area contributed by atoms with Gasteiger partial charge in [-0.1, -0.05) is 41.9 Å². The number of carbonyl (C=O) groups is 2. The molecule has 1 aliphatic heterocycles. The van der Waals surface area contributed by atoms with Gasteiger partial charge in [0.05, 0.1) is 11.0 Å². The SMILES string of the molecule is O=C(COC(=O)C1CC(O)CN1S(=O)(=O)c1ccc(Cl)cc1)c1ccccc1. The van der Waals surface area contributed by atoms with E-state index in [1.807, 2.05) is 0 Å². The molecule has 1 N–H and O–H groups in total. The zero-order chi connectivity index (χ0) is 20.3. The average molecular weight is 424 g/mol. The summed E-state index contributed by atoms with van der Waals surface area (Å²) in [6, 6.07) is 12.6. The van der Waals surface area contributed by atoms with Crippen molar-refractivity contribution in [3.05, 3.63) is 65.2 Å². The van der Waals surface area contributed by atoms with Gasteiger partial charge >= 0.3 is 5.97 Å². The van der Waals surface area contributed by atoms with Crippen molar-refractivity contribution in [3.63, 3.8) is 0 Å². The number of sulfonamides is 1. The standard InChI is InChI=1S/C19H18ClNO6S/c20-14-6-8-16(9-7-14)28(25,26)21-11-15(22)10-17(21)19(24)27-12-18(23)13-4-2-1-3-5-13/h1-9,15,17,22H,10-12H2. The lowest BCUT2D eigenvalue weighted by Gasteiger charge is -2.22. The molecule has 0 bridgehead atoms. The zero-order valence-electron chi connectivity index (χ0n) is 14.7. The van der Waals surface area contributed by atoms with Crippen LogP contribution in [0.15, 0.2) is 59.5 Å². The van der Waals surface area contributed by atoms with Crippen molar-refractivity contribution in [1.82, 2.24) is 4.31 Å². The van der Waals surface area contributed by atoms with E-state index in [0.29, 0.717) is 10.6 Å². The molecular formula is C19H18ClNO6S. The van der Waals surface area contributed by atoms with Gasteiger partial charge in [0, 0.05) is 23.6 Å². The number of ether oxygens (including phenoxy) is 1. The molecule has 3 rings (SSSR count). The monoisotopic (exact) mass is 423 g/mol. The highest BCUT2D eigenvalue weighted by atomic mass is 35.5. The summed E-state index contributed by atoms with van der Waals surface area (Å²) in [5.74, 6) is -1.28. The molecule has 148 valence electrons. The number of Topliss-reactive ketones (excluding diaryl/α,β-unsaturated/α-hetero) is 1. The molecule has 0 saturated carbocycles. The Labute approximate surface area is 167 Å². The number of rotatable bonds is 6. The smallest absolute Gasteiger partial charge is 0.325 e. The Balaban J connectivity index is 1.73. The van der Waals surface area contributed by atoms with E-state index in [-0.39, 0.29) is 17.9 Å². The highest BCUT2D eigenvalue weighted by Crippen LogP contribution is 2.28. The van der Waals surface area contributed by atoms with E-state index in [1.165, 1.54) is 24.3 Å². The number of nitrogens with zero attached hydrogens (tertiary/aromatic N) is 1. The second kappa shape index (κ2) is 8.40. The van der Waals surface area contributed by atoms with Gasteiger partial charge in [-0.3, -0.25) is 9.59 Å². The molecular weight excluding hydrogens is 406 g/mol. The van der Waals surface area contributed by atoms with Crippen LogP contribution in [-0.4, -0.2) is 54.9 Å². The summed E-state index contributed by atoms with van der Waals surface area (Å²) in [4.78, 5) is 24.5. The van der Waals surface area contributed by atoms with Gasteiger partial charge in [-0.15, -0.1) is 0 Å². The molecule has 0 amide bonds. The first-order valence-corrected chi connectivity index (χ1v) is 10.3. The zero-order valence-corrected chi connectivity index (χ0v) is 16.3. The third-order valence-corrected chi connectivity index (χ3v) is 6.51. The molecule has 1 saturated heterocycles. The quantitative estimate of drug-likeness (QED) is 0.562. The maximum absolute atomic E-state index is 12.9. The first-order chi connectivity index (χ1) is 13.3. The molecule has 1 heterocycles. The van der Waals surface area contributed by atoms with E-state index in [1.54, 1.807) is 30.3 Å². The summed E-state index contributed by atoms with van der Waals surface area (Å²) in [6.07, 6.45) is -1.12. The molecule has 2 unspecified atom stereocenters. The first kappa shape index (κ1) is 20.5. The van der Waals surface area contributed by atoms with E-state index < -0.39 is 40.5 Å². The summed E-state index contributed by atoms with van der Waals surface area (Å²) >= 11 is 5.79. The van der Waals surface area contributed by atoms with Crippen molar-refractivity contribution < 1.29 is 27.9 Å². The molecule has 1 fully saturated rings. The number of ketones is 1. The molecule has 0 spiro atoms. The lowest BCUT2D eigenvalue weighted by atomic mass is 10.1. The van der Waals surface area contributed by atoms with Gasteiger partial charge in [0.25, 0.3) is 0 Å². The number of hydrogen-bond donors (Lipinski definition) is 1. The number of aliphatic hydroxyl groups excluding tert-OH is 1. The van der Waals surface area contributed by atoms with Gasteiger partial charge in [-0.05, 0) is 24.3 Å². The van der Waals surface area contributed by atoms with Crippen molar-refractivity contribution in [2.75, 3.05) is 13.2 Å². The Morgan fingerprint density at radius 2 is 1.75 bits per heavy atom. The Kier molecular flexibility index (Phi) is 6.14. The maximum Gasteiger partial charge on any atom is 0.325 e. The van der Waals surface area contributed by atoms with Crippen molar-refractivity contribution in [2.24, 2.45) is 0 Å². The lowest BCUT2D eigenvalue weighted by Crippen LogP contribution is -2.41. The third kappa shape index (κ3) is 4.41. The van der Waals surface area contributed by atoms with Crippen LogP contribution in [0.5, 0.6) is 0 Å². The second-order valence-corrected chi connectivity index (χ2v) is 8.66. The van der Waals surface area contributed by atoms with Crippen LogP contribution in [0, 0.1) is 0 Å². The summed E-state index contributed by atoms with van der Waals surface area (Å²) in [7, 11) is -4.04. The van der Waals surface area contributed by atoms with Crippen molar-refractivity contribution in [3.8, 4) is 0 Å². The predicted octanol–water partition coefficient (Wildman–Crippen LogP) is 1.89. The van der Waals surface area contributed by atoms with Gasteiger partial charge < -0.3 is 9.84 Å². The Hall–Kier alpha value is -2.26. The Morgan fingerprint density at radius 3 is 2.39 bits per heavy atom. The van der Waals surface area contributed by atoms with Crippen molar-refractivity contribution in [1.29, 1.82) is 0 Å². The number of aliphatic hydroxyl groups is 1. The summed E-state index contributed by atoms with van der Waals surface area (Å²) < 4.78 is 31.7. The minimum absolute atomic E-state index is 0.0517. The predicted molar refractivity (Wildman–Crippen MR) is 101 cm³/mol. The molecule has 1 aliphatic rings. The highest BCUT2D eigenvalue weighted by molar-refractivity contribution is 7.89. The number of carbonyl (C=O) groups excluding carboxylic acids is 2. The number of hydrogen-bond acceptors (Lipinski definition) is 6. The molecule has 2 aromatic carbocycles. The number of benzene rings is 2. The van der Waals surface area contributed by atoms with Crippen molar-refractivity contribution in [2.45, 2.75) is 23.5 Å². The van der Waals surface area contributed by atoms with Gasteiger partial charge in [-0.2, -0.15) is 4.31 Å². The minimum Gasteiger partial charge on any atom is -0.456 e. The van der Waals surface area contributed by atoms with Crippen LogP contribution in [0.4, 0.5) is 0 Å². The van der Waals surface area contributed by atoms with Crippen molar-refractivity contribution >= 4 is 33.4 Å². The van der Waals surface area contributed by atoms with E-state index in [4.69, 9.17) is 16.3 Å². The van der Waals surface area contributed by atoms with Gasteiger partial charge in [0.15, 0.2) is 12.4 Å². The molecule has 2 atom stereocenters. The fraction of sp³-hybridized carbons (Fsp3) is 0.263. The lowest BCUT2D eigenvalue weighted by molar-refractivity contribution is -0.146. The molecule has 9 heteroatoms. The normalized spacial score (nSPS) is 20.1. The second-order valence-electron chi connectivity index (χ2n) is 6.33. The number of halogens is 1. The summed E-state index contributed by atoms with van der Waals surface area (Å²) in [5.41, 5.74) is 0.382. The Bertz CT molecular complexity index is 962. The number of β-amino-alcohol motifs (C(OH)–C–C–N with tert-alkyl or cyclic N) is 1. The third-order valence-electron chi connectivity index (χ3n) is 4.37. The van der Waals surface area contributed by atoms with Gasteiger partial charge in [0.2, 0.25) is 10.0 Å². The van der Waals surface area contributed by atoms with Gasteiger partial charge in [0.1, 0.15) is 6.04 Å². The molecule has 0 aromatic heterocycles. The molecule has 28 heavy (non-hydrogen) atoms. The highest BCUT2D eigenvalue weighted by Gasteiger charge is 2.44. The van der Waals surface area contributed by atoms with Crippen LogP contribution in [0.25, 0.3) is 0 Å².